The van der Waals surface area contributed by atoms with Crippen LogP contribution in [-0.2, 0) is 0 Å². The Bertz CT molecular complexity index is 370. The Hall–Kier alpha value is -0.900. The van der Waals surface area contributed by atoms with E-state index in [4.69, 9.17) is 0 Å². The molecular weight excluding hydrogens is 194 g/mol. The molecule has 2 aromatic heterocycles. The highest BCUT2D eigenvalue weighted by Gasteiger charge is 2.11. The topological polar surface area (TPSA) is 30.2 Å². The van der Waals surface area contributed by atoms with Gasteiger partial charge in [-0.2, -0.15) is 5.10 Å². The zero-order chi connectivity index (χ0) is 10.3. The van der Waals surface area contributed by atoms with Crippen molar-refractivity contribution in [1.82, 2.24) is 14.6 Å². The average molecular weight is 209 g/mol. The van der Waals surface area contributed by atoms with E-state index in [1.165, 1.54) is 4.88 Å². The van der Waals surface area contributed by atoms with Gasteiger partial charge in [0.1, 0.15) is 0 Å². The maximum atomic E-state index is 4.49. The van der Waals surface area contributed by atoms with Crippen LogP contribution in [0.3, 0.4) is 0 Å². The van der Waals surface area contributed by atoms with E-state index in [0.29, 0.717) is 11.8 Å². The van der Waals surface area contributed by atoms with Crippen LogP contribution in [0, 0.1) is 0 Å². The van der Waals surface area contributed by atoms with Crippen molar-refractivity contribution in [1.29, 1.82) is 0 Å². The molecule has 0 fully saturated rings. The molecule has 0 spiro atoms. The Morgan fingerprint density at radius 2 is 1.93 bits per heavy atom. The first kappa shape index (κ1) is 9.65. The molecule has 0 aliphatic carbocycles. The Labute approximate surface area is 87.8 Å². The molecule has 2 heterocycles. The minimum Gasteiger partial charge on any atom is -0.211 e. The standard InChI is InChI=1S/C10H15N3S/c1-6(2)8-5-13-10(14-8)11-9(12-13)7(3)4/h5-7H,1-4H3. The van der Waals surface area contributed by atoms with Gasteiger partial charge in [-0.25, -0.2) is 9.50 Å². The SMILES string of the molecule is CC(C)c1nc2sc(C(C)C)cn2n1. The summed E-state index contributed by atoms with van der Waals surface area (Å²) in [6, 6.07) is 0. The van der Waals surface area contributed by atoms with Crippen molar-refractivity contribution in [3.8, 4) is 0 Å². The lowest BCUT2D eigenvalue weighted by atomic mass is 10.2. The first-order chi connectivity index (χ1) is 6.58. The van der Waals surface area contributed by atoms with Crippen LogP contribution in [0.5, 0.6) is 0 Å². The zero-order valence-corrected chi connectivity index (χ0v) is 9.80. The molecule has 0 bridgehead atoms. The summed E-state index contributed by atoms with van der Waals surface area (Å²) >= 11 is 1.73. The molecule has 0 N–H and O–H groups in total. The van der Waals surface area contributed by atoms with Crippen LogP contribution >= 0.6 is 11.3 Å². The molecule has 0 amide bonds. The van der Waals surface area contributed by atoms with Crippen LogP contribution in [0.15, 0.2) is 6.20 Å². The highest BCUT2D eigenvalue weighted by atomic mass is 32.1. The summed E-state index contributed by atoms with van der Waals surface area (Å²) in [4.78, 5) is 6.84. The van der Waals surface area contributed by atoms with E-state index in [1.54, 1.807) is 11.3 Å². The predicted molar refractivity (Wildman–Crippen MR) is 59.0 cm³/mol. The molecular formula is C10H15N3S. The molecule has 0 unspecified atom stereocenters. The normalized spacial score (nSPS) is 12.1. The second-order valence-electron chi connectivity index (χ2n) is 4.14. The summed E-state index contributed by atoms with van der Waals surface area (Å²) in [6.45, 7) is 8.61. The van der Waals surface area contributed by atoms with Crippen LogP contribution in [-0.4, -0.2) is 14.6 Å². The summed E-state index contributed by atoms with van der Waals surface area (Å²) < 4.78 is 1.90. The second-order valence-corrected chi connectivity index (χ2v) is 5.18. The minimum absolute atomic E-state index is 0.407. The third kappa shape index (κ3) is 1.54. The first-order valence-corrected chi connectivity index (χ1v) is 5.75. The van der Waals surface area contributed by atoms with Crippen molar-refractivity contribution in [3.05, 3.63) is 16.9 Å². The fraction of sp³-hybridized carbons (Fsp3) is 0.600. The number of fused-ring (bicyclic) bond motifs is 1. The molecule has 2 aromatic rings. The lowest BCUT2D eigenvalue weighted by Crippen LogP contribution is -1.91. The molecule has 3 nitrogen and oxygen atoms in total. The van der Waals surface area contributed by atoms with Crippen LogP contribution in [0.4, 0.5) is 0 Å². The Morgan fingerprint density at radius 3 is 2.43 bits per heavy atom. The van der Waals surface area contributed by atoms with Crippen molar-refractivity contribution in [2.45, 2.75) is 39.5 Å². The van der Waals surface area contributed by atoms with Crippen LogP contribution < -0.4 is 0 Å². The number of thiazole rings is 1. The molecule has 0 aliphatic heterocycles. The summed E-state index contributed by atoms with van der Waals surface area (Å²) in [5, 5.41) is 4.43. The second kappa shape index (κ2) is 3.35. The van der Waals surface area contributed by atoms with E-state index in [1.807, 2.05) is 4.52 Å². The molecule has 0 atom stereocenters. The van der Waals surface area contributed by atoms with Gasteiger partial charge in [-0.15, -0.1) is 0 Å². The van der Waals surface area contributed by atoms with Gasteiger partial charge in [0.2, 0.25) is 4.96 Å². The van der Waals surface area contributed by atoms with Gasteiger partial charge in [0, 0.05) is 17.0 Å². The summed E-state index contributed by atoms with van der Waals surface area (Å²) in [7, 11) is 0. The van der Waals surface area contributed by atoms with Gasteiger partial charge in [0.05, 0.1) is 0 Å². The third-order valence-electron chi connectivity index (χ3n) is 2.16. The largest absolute Gasteiger partial charge is 0.212 e. The van der Waals surface area contributed by atoms with Crippen molar-refractivity contribution >= 4 is 16.3 Å². The number of nitrogens with zero attached hydrogens (tertiary/aromatic N) is 3. The predicted octanol–water partition coefficient (Wildman–Crippen LogP) is 3.04. The quantitative estimate of drug-likeness (QED) is 0.761. The number of rotatable bonds is 2. The monoisotopic (exact) mass is 209 g/mol. The number of hydrogen-bond donors (Lipinski definition) is 0. The van der Waals surface area contributed by atoms with E-state index >= 15 is 0 Å². The van der Waals surface area contributed by atoms with Crippen LogP contribution in [0.2, 0.25) is 0 Å². The van der Waals surface area contributed by atoms with Crippen molar-refractivity contribution in [2.24, 2.45) is 0 Å². The number of hydrogen-bond acceptors (Lipinski definition) is 3. The van der Waals surface area contributed by atoms with Crippen molar-refractivity contribution in [2.75, 3.05) is 0 Å². The van der Waals surface area contributed by atoms with Crippen molar-refractivity contribution < 1.29 is 0 Å². The van der Waals surface area contributed by atoms with E-state index in [-0.39, 0.29) is 0 Å². The lowest BCUT2D eigenvalue weighted by Gasteiger charge is -1.97. The summed E-state index contributed by atoms with van der Waals surface area (Å²) in [5.41, 5.74) is 0. The minimum atomic E-state index is 0.407. The smallest absolute Gasteiger partial charge is 0.211 e. The van der Waals surface area contributed by atoms with Gasteiger partial charge in [-0.3, -0.25) is 0 Å². The fourth-order valence-corrected chi connectivity index (χ4v) is 2.17. The maximum absolute atomic E-state index is 4.49. The zero-order valence-electron chi connectivity index (χ0n) is 8.98. The molecule has 2 rings (SSSR count). The average Bonchev–Trinajstić information content (AvgIpc) is 2.57. The summed E-state index contributed by atoms with van der Waals surface area (Å²) in [5.74, 6) is 1.90. The third-order valence-corrected chi connectivity index (χ3v) is 3.43. The molecule has 0 radical (unpaired) electrons. The maximum Gasteiger partial charge on any atom is 0.212 e. The van der Waals surface area contributed by atoms with Gasteiger partial charge in [-0.1, -0.05) is 39.0 Å². The van der Waals surface area contributed by atoms with Gasteiger partial charge >= 0.3 is 0 Å². The van der Waals surface area contributed by atoms with Crippen LogP contribution in [0.25, 0.3) is 4.96 Å². The highest BCUT2D eigenvalue weighted by Crippen LogP contribution is 2.24. The summed E-state index contributed by atoms with van der Waals surface area (Å²) in [6.07, 6.45) is 2.09. The first-order valence-electron chi connectivity index (χ1n) is 4.94. The van der Waals surface area contributed by atoms with Crippen molar-refractivity contribution in [3.63, 3.8) is 0 Å². The lowest BCUT2D eigenvalue weighted by molar-refractivity contribution is 0.762. The fourth-order valence-electron chi connectivity index (χ4n) is 1.24. The molecule has 76 valence electrons. The van der Waals surface area contributed by atoms with Gasteiger partial charge in [0.25, 0.3) is 0 Å². The van der Waals surface area contributed by atoms with E-state index in [0.717, 1.165) is 10.8 Å². The van der Waals surface area contributed by atoms with E-state index < -0.39 is 0 Å². The Kier molecular flexibility index (Phi) is 2.31. The van der Waals surface area contributed by atoms with Gasteiger partial charge in [-0.05, 0) is 5.92 Å². The van der Waals surface area contributed by atoms with Gasteiger partial charge in [0.15, 0.2) is 5.82 Å². The molecule has 0 aromatic carbocycles. The molecule has 14 heavy (non-hydrogen) atoms. The highest BCUT2D eigenvalue weighted by molar-refractivity contribution is 7.17. The molecule has 0 saturated heterocycles. The van der Waals surface area contributed by atoms with E-state index in [2.05, 4.69) is 44.0 Å². The Balaban J connectivity index is 2.45. The van der Waals surface area contributed by atoms with E-state index in [9.17, 15) is 0 Å². The molecule has 0 saturated carbocycles. The molecule has 4 heteroatoms. The number of aromatic nitrogens is 3. The van der Waals surface area contributed by atoms with Gasteiger partial charge < -0.3 is 0 Å². The molecule has 0 aliphatic rings. The Morgan fingerprint density at radius 1 is 1.21 bits per heavy atom. The van der Waals surface area contributed by atoms with Crippen LogP contribution in [0.1, 0.15) is 50.2 Å².